The maximum absolute atomic E-state index is 14.4. The topological polar surface area (TPSA) is 101 Å². The molecule has 0 saturated carbocycles. The Kier molecular flexibility index (Phi) is 12.4. The van der Waals surface area contributed by atoms with Crippen molar-refractivity contribution in [3.63, 3.8) is 0 Å². The highest BCUT2D eigenvalue weighted by Gasteiger charge is 2.50. The second kappa shape index (κ2) is 16.2. The molecular weight excluding hydrogens is 736 g/mol. The van der Waals surface area contributed by atoms with Crippen molar-refractivity contribution in [3.05, 3.63) is 99.6 Å². The molecule has 9 nitrogen and oxygen atoms in total. The van der Waals surface area contributed by atoms with Crippen LogP contribution in [-0.2, 0) is 9.53 Å². The Morgan fingerprint density at radius 2 is 1.63 bits per heavy atom. The molecule has 0 aromatic heterocycles. The molecule has 0 spiro atoms. The first-order chi connectivity index (χ1) is 24.1. The van der Waals surface area contributed by atoms with Gasteiger partial charge in [0.15, 0.2) is 5.60 Å². The van der Waals surface area contributed by atoms with Gasteiger partial charge in [0, 0.05) is 25.7 Å². The number of hydrogen-bond donors (Lipinski definition) is 2. The number of fused-ring (bicyclic) bond motifs is 2. The normalized spacial score (nSPS) is 18.3. The maximum Gasteiger partial charge on any atom is 0.411 e. The van der Waals surface area contributed by atoms with E-state index in [1.165, 1.54) is 18.7 Å². The van der Waals surface area contributed by atoms with E-state index in [1.54, 1.807) is 11.9 Å². The fourth-order valence-corrected chi connectivity index (χ4v) is 6.59. The highest BCUT2D eigenvalue weighted by molar-refractivity contribution is 6.68. The summed E-state index contributed by atoms with van der Waals surface area (Å²) >= 11 is 24.8. The molecule has 2 bridgehead atoms. The molecule has 3 aromatic rings. The predicted octanol–water partition coefficient (Wildman–Crippen LogP) is 7.69. The number of halogens is 4. The van der Waals surface area contributed by atoms with Gasteiger partial charge in [0.2, 0.25) is 3.79 Å². The Bertz CT molecular complexity index is 1750. The average Bonchev–Trinajstić information content (AvgIpc) is 3.08. The van der Waals surface area contributed by atoms with Crippen molar-refractivity contribution in [3.8, 4) is 11.5 Å². The van der Waals surface area contributed by atoms with Crippen LogP contribution in [0, 0.1) is 13.8 Å². The van der Waals surface area contributed by atoms with Gasteiger partial charge in [-0.3, -0.25) is 9.69 Å². The molecule has 3 atom stereocenters. The summed E-state index contributed by atoms with van der Waals surface area (Å²) in [5.74, 6) is 0.908. The lowest BCUT2D eigenvalue weighted by Gasteiger charge is -2.48. The fourth-order valence-electron chi connectivity index (χ4n) is 6.20. The van der Waals surface area contributed by atoms with E-state index < -0.39 is 27.6 Å². The molecule has 1 saturated heterocycles. The number of nitrogens with one attached hydrogen (secondary N) is 1. The van der Waals surface area contributed by atoms with Gasteiger partial charge >= 0.3 is 6.09 Å². The number of alkyl halides is 3. The molecule has 2 unspecified atom stereocenters. The third-order valence-electron chi connectivity index (χ3n) is 9.35. The van der Waals surface area contributed by atoms with Crippen LogP contribution in [0.15, 0.2) is 72.3 Å². The van der Waals surface area contributed by atoms with Crippen molar-refractivity contribution in [1.82, 2.24) is 15.1 Å². The zero-order valence-corrected chi connectivity index (χ0v) is 32.2. The molecule has 2 N–H and O–H groups in total. The van der Waals surface area contributed by atoms with E-state index in [9.17, 15) is 14.7 Å². The molecule has 13 heteroatoms. The van der Waals surface area contributed by atoms with Gasteiger partial charge in [0.05, 0.1) is 29.8 Å². The Morgan fingerprint density at radius 3 is 2.29 bits per heavy atom. The van der Waals surface area contributed by atoms with Crippen LogP contribution in [0.1, 0.15) is 48.6 Å². The summed E-state index contributed by atoms with van der Waals surface area (Å²) in [6, 6.07) is 19.4. The summed E-state index contributed by atoms with van der Waals surface area (Å²) in [4.78, 5) is 31.3. The maximum atomic E-state index is 14.4. The smallest absolute Gasteiger partial charge is 0.411 e. The lowest BCUT2D eigenvalue weighted by atomic mass is 9.82. The van der Waals surface area contributed by atoms with E-state index >= 15 is 0 Å². The molecule has 2 heterocycles. The lowest BCUT2D eigenvalue weighted by Crippen LogP contribution is -2.64. The van der Waals surface area contributed by atoms with Gasteiger partial charge in [0.1, 0.15) is 24.7 Å². The molecule has 2 amide bonds. The van der Waals surface area contributed by atoms with Crippen LogP contribution in [0.2, 0.25) is 5.02 Å². The van der Waals surface area contributed by atoms with Crippen LogP contribution < -0.4 is 14.8 Å². The van der Waals surface area contributed by atoms with Crippen molar-refractivity contribution < 1.29 is 28.9 Å². The van der Waals surface area contributed by atoms with Crippen molar-refractivity contribution in [2.24, 2.45) is 0 Å². The Labute approximate surface area is 319 Å². The molecule has 1 fully saturated rings. The molecule has 2 aliphatic rings. The number of ether oxygens (including phenoxy) is 3. The van der Waals surface area contributed by atoms with Crippen LogP contribution in [0.25, 0.3) is 5.57 Å². The van der Waals surface area contributed by atoms with Gasteiger partial charge in [0.25, 0.3) is 5.91 Å². The molecule has 0 aliphatic carbocycles. The van der Waals surface area contributed by atoms with Crippen molar-refractivity contribution in [2.45, 2.75) is 61.7 Å². The highest BCUT2D eigenvalue weighted by atomic mass is 35.6. The molecular formula is C38H43Cl4N3O6. The average molecular weight is 780 g/mol. The molecule has 274 valence electrons. The van der Waals surface area contributed by atoms with Crippen molar-refractivity contribution in [1.29, 1.82) is 0 Å². The number of nitrogens with zero attached hydrogens (tertiary/aromatic N) is 2. The third kappa shape index (κ3) is 9.07. The van der Waals surface area contributed by atoms with E-state index in [-0.39, 0.29) is 18.5 Å². The molecule has 5 rings (SSSR count). The van der Waals surface area contributed by atoms with E-state index in [4.69, 9.17) is 60.6 Å². The summed E-state index contributed by atoms with van der Waals surface area (Å²) in [6.45, 7) is 8.45. The second-order valence-electron chi connectivity index (χ2n) is 13.4. The van der Waals surface area contributed by atoms with E-state index in [0.717, 1.165) is 22.3 Å². The van der Waals surface area contributed by atoms with E-state index in [0.29, 0.717) is 60.4 Å². The van der Waals surface area contributed by atoms with Crippen molar-refractivity contribution >= 4 is 64.0 Å². The number of piperazine rings is 1. The van der Waals surface area contributed by atoms with Crippen LogP contribution >= 0.6 is 46.4 Å². The number of carbonyl (C=O) groups excluding carboxylic acids is 2. The second-order valence-corrected chi connectivity index (χ2v) is 16.1. The minimum Gasteiger partial charge on any atom is -0.490 e. The van der Waals surface area contributed by atoms with Gasteiger partial charge in [-0.15, -0.1) is 0 Å². The van der Waals surface area contributed by atoms with Gasteiger partial charge < -0.3 is 29.5 Å². The highest BCUT2D eigenvalue weighted by Crippen LogP contribution is 2.43. The van der Waals surface area contributed by atoms with Gasteiger partial charge in [-0.05, 0) is 86.2 Å². The minimum absolute atomic E-state index is 0.0379. The van der Waals surface area contributed by atoms with Crippen LogP contribution in [0.3, 0.4) is 0 Å². The number of amides is 2. The summed E-state index contributed by atoms with van der Waals surface area (Å²) in [6.07, 6.45) is -1.25. The van der Waals surface area contributed by atoms with E-state index in [2.05, 4.69) is 5.32 Å². The number of carbonyl (C=O) groups is 2. The zero-order valence-electron chi connectivity index (χ0n) is 29.2. The first-order valence-corrected chi connectivity index (χ1v) is 18.2. The molecule has 2 aliphatic heterocycles. The molecule has 3 aromatic carbocycles. The Morgan fingerprint density at radius 1 is 0.980 bits per heavy atom. The number of likely N-dealkylation sites (N-methyl/N-ethyl adjacent to an activating group) is 1. The zero-order chi connectivity index (χ0) is 37.1. The quantitative estimate of drug-likeness (QED) is 0.152. The predicted molar refractivity (Wildman–Crippen MR) is 202 cm³/mol. The Balaban J connectivity index is 1.40. The summed E-state index contributed by atoms with van der Waals surface area (Å²) < 4.78 is 15.7. The lowest BCUT2D eigenvalue weighted by molar-refractivity contribution is -0.128. The van der Waals surface area contributed by atoms with Crippen molar-refractivity contribution in [2.75, 3.05) is 39.9 Å². The Hall–Kier alpha value is -3.18. The number of aryl methyl sites for hydroxylation is 2. The monoisotopic (exact) mass is 777 g/mol. The summed E-state index contributed by atoms with van der Waals surface area (Å²) in [5.41, 5.74) is 3.44. The third-order valence-corrected chi connectivity index (χ3v) is 11.0. The molecule has 0 radical (unpaired) electrons. The van der Waals surface area contributed by atoms with Crippen LogP contribution in [-0.4, -0.2) is 88.3 Å². The summed E-state index contributed by atoms with van der Waals surface area (Å²) in [5, 5.41) is 14.9. The standard InChI is InChI=1S/C38H43Cl4N3O6/c1-23-17-30(39)33(18-24(23)2)50-16-15-49-28-13-11-25(12-14-28)29-19-27-20-43-21-31(45(27)36(48)51-37(3,4)38(40,41)42)34(29)35(47)44(5)22-32(46)26-9-7-6-8-10-26/h6-14,17-18,27,31-32,43,46H,15-16,19-22H2,1-5H3/t27?,31?,32-/m0/s1. The minimum atomic E-state index is -1.89. The van der Waals surface area contributed by atoms with Gasteiger partial charge in [-0.2, -0.15) is 0 Å². The first kappa shape index (κ1) is 39.0. The number of hydrogen-bond acceptors (Lipinski definition) is 7. The number of aliphatic hydroxyl groups excluding tert-OH is 1. The SMILES string of the molecule is Cc1cc(Cl)c(OCCOc2ccc(C3=C(C(=O)N(C)C[C@H](O)c4ccccc4)C4CNCC(C3)N4C(=O)OC(C)(C)C(Cl)(Cl)Cl)cc2)cc1C. The summed E-state index contributed by atoms with van der Waals surface area (Å²) in [7, 11) is 1.64. The molecule has 51 heavy (non-hydrogen) atoms. The first-order valence-electron chi connectivity index (χ1n) is 16.7. The van der Waals surface area contributed by atoms with Gasteiger partial charge in [-0.1, -0.05) is 88.9 Å². The van der Waals surface area contributed by atoms with Crippen LogP contribution in [0.5, 0.6) is 11.5 Å². The number of aliphatic hydroxyl groups is 1. The van der Waals surface area contributed by atoms with Gasteiger partial charge in [-0.25, -0.2) is 4.79 Å². The largest absolute Gasteiger partial charge is 0.490 e. The van der Waals surface area contributed by atoms with Crippen LogP contribution in [0.4, 0.5) is 4.79 Å². The number of benzene rings is 3. The fraction of sp³-hybridized carbons (Fsp3) is 0.421. The van der Waals surface area contributed by atoms with E-state index in [1.807, 2.05) is 80.6 Å². The number of rotatable bonds is 11.